The molecule has 4 rings (SSSR count). The Bertz CT molecular complexity index is 1310. The van der Waals surface area contributed by atoms with E-state index < -0.39 is 17.7 Å². The molecule has 2 heterocycles. The van der Waals surface area contributed by atoms with Crippen molar-refractivity contribution in [2.45, 2.75) is 33.0 Å². The number of rotatable bonds is 3. The van der Waals surface area contributed by atoms with Gasteiger partial charge in [0.1, 0.15) is 11.3 Å². The van der Waals surface area contributed by atoms with E-state index in [4.69, 9.17) is 9.47 Å². The number of carbonyl (C=O) groups is 2. The molecule has 0 amide bonds. The lowest BCUT2D eigenvalue weighted by atomic mass is 10.1. The first-order valence-electron chi connectivity index (χ1n) is 9.77. The highest BCUT2D eigenvalue weighted by atomic mass is 16.6. The smallest absolute Gasteiger partial charge is 0.419 e. The Kier molecular flexibility index (Phi) is 5.02. The molecule has 8 nitrogen and oxygen atoms in total. The van der Waals surface area contributed by atoms with E-state index in [1.54, 1.807) is 51.1 Å². The van der Waals surface area contributed by atoms with E-state index in [0.29, 0.717) is 33.4 Å². The molecule has 2 N–H and O–H groups in total. The van der Waals surface area contributed by atoms with Gasteiger partial charge >= 0.3 is 12.1 Å². The second kappa shape index (κ2) is 7.55. The van der Waals surface area contributed by atoms with Crippen molar-refractivity contribution in [1.29, 1.82) is 0 Å². The highest BCUT2D eigenvalue weighted by molar-refractivity contribution is 6.03. The van der Waals surface area contributed by atoms with Crippen LogP contribution in [0.4, 0.5) is 4.79 Å². The summed E-state index contributed by atoms with van der Waals surface area (Å²) >= 11 is 0. The SMILES string of the molecule is COC(=O)c1ccc2[nH]nc(-c3cc4cc(CO)ccc4n3C(=O)OC(C)(C)C)c2c1. The summed E-state index contributed by atoms with van der Waals surface area (Å²) in [6.45, 7) is 5.28. The van der Waals surface area contributed by atoms with Gasteiger partial charge in [-0.25, -0.2) is 14.2 Å². The van der Waals surface area contributed by atoms with Crippen LogP contribution in [0.5, 0.6) is 0 Å². The van der Waals surface area contributed by atoms with Crippen LogP contribution in [0.15, 0.2) is 42.5 Å². The predicted octanol–water partition coefficient (Wildman–Crippen LogP) is 4.25. The molecule has 4 aromatic rings. The molecule has 0 fully saturated rings. The van der Waals surface area contributed by atoms with Gasteiger partial charge in [0.05, 0.1) is 36.0 Å². The number of aliphatic hydroxyl groups excluding tert-OH is 1. The van der Waals surface area contributed by atoms with Crippen molar-refractivity contribution in [3.05, 3.63) is 53.6 Å². The monoisotopic (exact) mass is 421 g/mol. The van der Waals surface area contributed by atoms with E-state index >= 15 is 0 Å². The Labute approximate surface area is 178 Å². The third-order valence-corrected chi connectivity index (χ3v) is 4.85. The van der Waals surface area contributed by atoms with Crippen LogP contribution >= 0.6 is 0 Å². The number of H-pyrrole nitrogens is 1. The molecule has 0 aliphatic rings. The molecule has 2 aromatic carbocycles. The number of fused-ring (bicyclic) bond motifs is 2. The summed E-state index contributed by atoms with van der Waals surface area (Å²) in [6.07, 6.45) is -0.547. The molecule has 0 saturated heterocycles. The summed E-state index contributed by atoms with van der Waals surface area (Å²) in [4.78, 5) is 25.2. The molecule has 0 radical (unpaired) electrons. The summed E-state index contributed by atoms with van der Waals surface area (Å²) in [5.74, 6) is -0.464. The minimum Gasteiger partial charge on any atom is -0.465 e. The van der Waals surface area contributed by atoms with Crippen molar-refractivity contribution < 1.29 is 24.2 Å². The van der Waals surface area contributed by atoms with Crippen molar-refractivity contribution in [1.82, 2.24) is 14.8 Å². The normalized spacial score (nSPS) is 11.8. The van der Waals surface area contributed by atoms with Crippen molar-refractivity contribution in [2.24, 2.45) is 0 Å². The zero-order valence-corrected chi connectivity index (χ0v) is 17.7. The number of nitrogens with zero attached hydrogens (tertiary/aromatic N) is 2. The van der Waals surface area contributed by atoms with Gasteiger partial charge in [0.25, 0.3) is 0 Å². The van der Waals surface area contributed by atoms with Crippen LogP contribution in [0.1, 0.15) is 36.7 Å². The van der Waals surface area contributed by atoms with E-state index in [-0.39, 0.29) is 6.61 Å². The molecule has 0 spiro atoms. The Balaban J connectivity index is 1.97. The second-order valence-electron chi connectivity index (χ2n) is 8.22. The highest BCUT2D eigenvalue weighted by Gasteiger charge is 2.25. The molecule has 0 bridgehead atoms. The number of esters is 1. The Morgan fingerprint density at radius 2 is 1.90 bits per heavy atom. The first-order valence-corrected chi connectivity index (χ1v) is 9.77. The number of aromatic amines is 1. The molecule has 0 unspecified atom stereocenters. The number of benzene rings is 2. The fourth-order valence-corrected chi connectivity index (χ4v) is 3.50. The molecule has 8 heteroatoms. The first-order chi connectivity index (χ1) is 14.7. The number of methoxy groups -OCH3 is 1. The summed E-state index contributed by atoms with van der Waals surface area (Å²) in [7, 11) is 1.32. The lowest BCUT2D eigenvalue weighted by Crippen LogP contribution is -2.27. The van der Waals surface area contributed by atoms with E-state index in [0.717, 1.165) is 10.9 Å². The topological polar surface area (TPSA) is 106 Å². The van der Waals surface area contributed by atoms with Gasteiger partial charge in [-0.2, -0.15) is 5.10 Å². The number of ether oxygens (including phenoxy) is 2. The Morgan fingerprint density at radius 1 is 1.13 bits per heavy atom. The van der Waals surface area contributed by atoms with Gasteiger partial charge in [0.2, 0.25) is 0 Å². The average molecular weight is 421 g/mol. The van der Waals surface area contributed by atoms with Crippen LogP contribution < -0.4 is 0 Å². The number of aromatic nitrogens is 3. The standard InChI is InChI=1S/C23H23N3O5/c1-23(2,3)31-22(29)26-18-8-5-13(12-27)9-15(18)11-19(26)20-16-10-14(21(28)30-4)6-7-17(16)24-25-20/h5-11,27H,12H2,1-4H3,(H,24,25). The second-order valence-corrected chi connectivity index (χ2v) is 8.22. The molecule has 0 aliphatic carbocycles. The molecule has 2 aromatic heterocycles. The van der Waals surface area contributed by atoms with Gasteiger partial charge in [0.15, 0.2) is 0 Å². The zero-order valence-electron chi connectivity index (χ0n) is 17.7. The predicted molar refractivity (Wildman–Crippen MR) is 116 cm³/mol. The molecular weight excluding hydrogens is 398 g/mol. The summed E-state index contributed by atoms with van der Waals surface area (Å²) in [6, 6.07) is 12.2. The van der Waals surface area contributed by atoms with Crippen LogP contribution in [0, 0.1) is 0 Å². The molecule has 31 heavy (non-hydrogen) atoms. The van der Waals surface area contributed by atoms with Gasteiger partial charge in [-0.3, -0.25) is 5.10 Å². The van der Waals surface area contributed by atoms with Gasteiger partial charge in [-0.1, -0.05) is 6.07 Å². The molecule has 160 valence electrons. The van der Waals surface area contributed by atoms with Crippen LogP contribution in [-0.2, 0) is 16.1 Å². The third kappa shape index (κ3) is 3.77. The summed E-state index contributed by atoms with van der Waals surface area (Å²) < 4.78 is 11.9. The quantitative estimate of drug-likeness (QED) is 0.479. The zero-order chi connectivity index (χ0) is 22.3. The lowest BCUT2D eigenvalue weighted by molar-refractivity contribution is 0.0545. The maximum atomic E-state index is 13.1. The first kappa shape index (κ1) is 20.6. The summed E-state index contributed by atoms with van der Waals surface area (Å²) in [5.41, 5.74) is 2.74. The van der Waals surface area contributed by atoms with Crippen LogP contribution in [0.2, 0.25) is 0 Å². The molecule has 0 saturated carbocycles. The van der Waals surface area contributed by atoms with Gasteiger partial charge in [0, 0.05) is 10.8 Å². The number of nitrogens with one attached hydrogen (secondary N) is 1. The highest BCUT2D eigenvalue weighted by Crippen LogP contribution is 2.33. The Hall–Kier alpha value is -3.65. The number of hydrogen-bond acceptors (Lipinski definition) is 6. The number of carbonyl (C=O) groups excluding carboxylic acids is 2. The number of aliphatic hydroxyl groups is 1. The van der Waals surface area contributed by atoms with E-state index in [9.17, 15) is 14.7 Å². The van der Waals surface area contributed by atoms with Crippen LogP contribution in [0.3, 0.4) is 0 Å². The average Bonchev–Trinajstić information content (AvgIpc) is 3.31. The van der Waals surface area contributed by atoms with Crippen molar-refractivity contribution in [3.63, 3.8) is 0 Å². The van der Waals surface area contributed by atoms with Crippen molar-refractivity contribution in [2.75, 3.05) is 7.11 Å². The van der Waals surface area contributed by atoms with Crippen molar-refractivity contribution >= 4 is 33.9 Å². The molecule has 0 aliphatic heterocycles. The van der Waals surface area contributed by atoms with Crippen LogP contribution in [-0.4, -0.2) is 44.6 Å². The largest absolute Gasteiger partial charge is 0.465 e. The lowest BCUT2D eigenvalue weighted by Gasteiger charge is -2.20. The third-order valence-electron chi connectivity index (χ3n) is 4.85. The van der Waals surface area contributed by atoms with Crippen LogP contribution in [0.25, 0.3) is 33.2 Å². The van der Waals surface area contributed by atoms with Gasteiger partial charge < -0.3 is 14.6 Å². The number of hydrogen-bond donors (Lipinski definition) is 2. The fourth-order valence-electron chi connectivity index (χ4n) is 3.50. The van der Waals surface area contributed by atoms with Gasteiger partial charge in [-0.05, 0) is 62.7 Å². The molecule has 0 atom stereocenters. The summed E-state index contributed by atoms with van der Waals surface area (Å²) in [5, 5.41) is 18.3. The minimum atomic E-state index is -0.693. The van der Waals surface area contributed by atoms with E-state index in [2.05, 4.69) is 10.2 Å². The minimum absolute atomic E-state index is 0.114. The fraction of sp³-hybridized carbons (Fsp3) is 0.261. The van der Waals surface area contributed by atoms with E-state index in [1.807, 2.05) is 12.1 Å². The van der Waals surface area contributed by atoms with E-state index in [1.165, 1.54) is 11.7 Å². The maximum absolute atomic E-state index is 13.1. The molecular formula is C23H23N3O5. The Morgan fingerprint density at radius 3 is 2.58 bits per heavy atom. The van der Waals surface area contributed by atoms with Crippen molar-refractivity contribution in [3.8, 4) is 11.4 Å². The van der Waals surface area contributed by atoms with Gasteiger partial charge in [-0.15, -0.1) is 0 Å². The maximum Gasteiger partial charge on any atom is 0.419 e.